The summed E-state index contributed by atoms with van der Waals surface area (Å²) in [5.74, 6) is -0.238. The van der Waals surface area contributed by atoms with E-state index in [1.54, 1.807) is 18.2 Å². The van der Waals surface area contributed by atoms with Crippen LogP contribution < -0.4 is 5.43 Å². The summed E-state index contributed by atoms with van der Waals surface area (Å²) in [6.07, 6.45) is 1.61. The molecule has 0 aliphatic rings. The summed E-state index contributed by atoms with van der Waals surface area (Å²) in [6.45, 7) is 3.53. The highest BCUT2D eigenvalue weighted by atomic mass is 16.3. The molecule has 1 N–H and O–H groups in total. The molecule has 0 aliphatic carbocycles. The summed E-state index contributed by atoms with van der Waals surface area (Å²) in [5.41, 5.74) is 0.431. The van der Waals surface area contributed by atoms with Crippen molar-refractivity contribution in [1.82, 2.24) is 0 Å². The van der Waals surface area contributed by atoms with Crippen molar-refractivity contribution >= 4 is 6.08 Å². The highest BCUT2D eigenvalue weighted by molar-refractivity contribution is 5.46. The lowest BCUT2D eigenvalue weighted by molar-refractivity contribution is 0.471. The Kier molecular flexibility index (Phi) is 2.06. The maximum Gasteiger partial charge on any atom is 0.220 e. The molecule has 0 heterocycles. The molecule has 0 radical (unpaired) electrons. The second kappa shape index (κ2) is 3.01. The number of hydrogen-bond donors (Lipinski definition) is 1. The van der Waals surface area contributed by atoms with E-state index in [0.717, 1.165) is 5.56 Å². The van der Waals surface area contributed by atoms with Crippen LogP contribution in [0.5, 0.6) is 5.75 Å². The van der Waals surface area contributed by atoms with Gasteiger partial charge < -0.3 is 5.11 Å². The molecule has 0 bridgehead atoms. The van der Waals surface area contributed by atoms with E-state index in [0.29, 0.717) is 0 Å². The van der Waals surface area contributed by atoms with Crippen LogP contribution in [0.15, 0.2) is 35.6 Å². The minimum absolute atomic E-state index is 0.238. The molecule has 0 saturated carbocycles. The van der Waals surface area contributed by atoms with Crippen LogP contribution in [0.4, 0.5) is 0 Å². The van der Waals surface area contributed by atoms with Crippen molar-refractivity contribution in [3.8, 4) is 5.75 Å². The standard InChI is InChI=1S/C9H8O2/c1-2-7-3-5-8(10)9(11)6-4-7/h2-6H,1H2,(H,10,11). The van der Waals surface area contributed by atoms with Gasteiger partial charge in [-0.2, -0.15) is 0 Å². The topological polar surface area (TPSA) is 37.3 Å². The average molecular weight is 148 g/mol. The molecule has 56 valence electrons. The minimum atomic E-state index is -0.377. The summed E-state index contributed by atoms with van der Waals surface area (Å²) in [6, 6.07) is 5.91. The molecule has 0 aromatic heterocycles. The van der Waals surface area contributed by atoms with Gasteiger partial charge in [0.25, 0.3) is 0 Å². The first kappa shape index (κ1) is 7.54. The lowest BCUT2D eigenvalue weighted by Crippen LogP contribution is -1.91. The van der Waals surface area contributed by atoms with Crippen molar-refractivity contribution in [2.45, 2.75) is 0 Å². The molecule has 0 amide bonds. The Morgan fingerprint density at radius 1 is 1.27 bits per heavy atom. The first-order valence-corrected chi connectivity index (χ1v) is 3.20. The summed E-state index contributed by atoms with van der Waals surface area (Å²) in [7, 11) is 0. The fraction of sp³-hybridized carbons (Fsp3) is 0. The van der Waals surface area contributed by atoms with Gasteiger partial charge in [0.15, 0.2) is 5.75 Å². The van der Waals surface area contributed by atoms with Gasteiger partial charge in [0, 0.05) is 0 Å². The Bertz CT molecular complexity index is 329. The van der Waals surface area contributed by atoms with E-state index in [9.17, 15) is 4.79 Å². The van der Waals surface area contributed by atoms with Gasteiger partial charge in [-0.15, -0.1) is 0 Å². The molecular weight excluding hydrogens is 140 g/mol. The summed E-state index contributed by atoms with van der Waals surface area (Å²) >= 11 is 0. The molecule has 0 atom stereocenters. The van der Waals surface area contributed by atoms with E-state index in [-0.39, 0.29) is 11.2 Å². The van der Waals surface area contributed by atoms with Gasteiger partial charge in [-0.3, -0.25) is 4.79 Å². The number of hydrogen-bond acceptors (Lipinski definition) is 2. The Balaban J connectivity index is 3.39. The zero-order valence-electron chi connectivity index (χ0n) is 5.95. The van der Waals surface area contributed by atoms with Gasteiger partial charge in [-0.1, -0.05) is 24.8 Å². The average Bonchev–Trinajstić information content (AvgIpc) is 2.16. The fourth-order valence-corrected chi connectivity index (χ4v) is 0.706. The minimum Gasteiger partial charge on any atom is -0.504 e. The van der Waals surface area contributed by atoms with Crippen molar-refractivity contribution in [3.63, 3.8) is 0 Å². The SMILES string of the molecule is C=Cc1ccc(O)c(=O)cc1. The molecule has 0 saturated heterocycles. The smallest absolute Gasteiger partial charge is 0.220 e. The molecule has 0 unspecified atom stereocenters. The Labute approximate surface area is 64.4 Å². The van der Waals surface area contributed by atoms with E-state index >= 15 is 0 Å². The fourth-order valence-electron chi connectivity index (χ4n) is 0.706. The monoisotopic (exact) mass is 148 g/mol. The van der Waals surface area contributed by atoms with Crippen LogP contribution in [0.2, 0.25) is 0 Å². The molecule has 11 heavy (non-hydrogen) atoms. The van der Waals surface area contributed by atoms with Crippen LogP contribution in [0.3, 0.4) is 0 Å². The molecule has 1 rings (SSSR count). The Morgan fingerprint density at radius 3 is 2.55 bits per heavy atom. The van der Waals surface area contributed by atoms with Crippen LogP contribution in [0.1, 0.15) is 5.56 Å². The molecule has 2 nitrogen and oxygen atoms in total. The highest BCUT2D eigenvalue weighted by Gasteiger charge is 1.90. The molecular formula is C9H8O2. The van der Waals surface area contributed by atoms with Crippen LogP contribution >= 0.6 is 0 Å². The van der Waals surface area contributed by atoms with Crippen LogP contribution in [0.25, 0.3) is 6.08 Å². The van der Waals surface area contributed by atoms with Crippen molar-refractivity contribution < 1.29 is 5.11 Å². The van der Waals surface area contributed by atoms with E-state index in [2.05, 4.69) is 6.58 Å². The largest absolute Gasteiger partial charge is 0.504 e. The van der Waals surface area contributed by atoms with Crippen LogP contribution in [0, 0.1) is 0 Å². The molecule has 0 aliphatic heterocycles. The van der Waals surface area contributed by atoms with Gasteiger partial charge >= 0.3 is 0 Å². The summed E-state index contributed by atoms with van der Waals surface area (Å²) in [4.78, 5) is 10.8. The Hall–Kier alpha value is -1.57. The Morgan fingerprint density at radius 2 is 1.91 bits per heavy atom. The second-order valence-electron chi connectivity index (χ2n) is 2.12. The van der Waals surface area contributed by atoms with Gasteiger partial charge in [0.1, 0.15) is 0 Å². The van der Waals surface area contributed by atoms with Crippen molar-refractivity contribution in [2.24, 2.45) is 0 Å². The molecule has 1 aromatic carbocycles. The summed E-state index contributed by atoms with van der Waals surface area (Å²) < 4.78 is 0. The normalized spacial score (nSPS) is 9.09. The molecule has 0 spiro atoms. The van der Waals surface area contributed by atoms with E-state index in [1.807, 2.05) is 0 Å². The first-order valence-electron chi connectivity index (χ1n) is 3.20. The summed E-state index contributed by atoms with van der Waals surface area (Å²) in [5, 5.41) is 8.95. The van der Waals surface area contributed by atoms with E-state index in [1.165, 1.54) is 12.1 Å². The number of aromatic hydroxyl groups is 1. The van der Waals surface area contributed by atoms with Gasteiger partial charge in [0.05, 0.1) is 0 Å². The van der Waals surface area contributed by atoms with Crippen molar-refractivity contribution in [3.05, 3.63) is 46.6 Å². The molecule has 1 aromatic rings. The molecule has 2 heteroatoms. The zero-order valence-corrected chi connectivity index (χ0v) is 5.95. The molecule has 0 fully saturated rings. The third-order valence-corrected chi connectivity index (χ3v) is 1.35. The van der Waals surface area contributed by atoms with Crippen LogP contribution in [-0.2, 0) is 0 Å². The second-order valence-corrected chi connectivity index (χ2v) is 2.12. The van der Waals surface area contributed by atoms with Gasteiger partial charge in [-0.25, -0.2) is 0 Å². The van der Waals surface area contributed by atoms with Gasteiger partial charge in [-0.05, 0) is 17.7 Å². The zero-order chi connectivity index (χ0) is 8.27. The van der Waals surface area contributed by atoms with Crippen molar-refractivity contribution in [2.75, 3.05) is 0 Å². The van der Waals surface area contributed by atoms with Crippen LogP contribution in [-0.4, -0.2) is 5.11 Å². The maximum absolute atomic E-state index is 10.8. The predicted molar refractivity (Wildman–Crippen MR) is 44.5 cm³/mol. The number of rotatable bonds is 1. The predicted octanol–water partition coefficient (Wildman–Crippen LogP) is 1.40. The lowest BCUT2D eigenvalue weighted by Gasteiger charge is -1.79. The lowest BCUT2D eigenvalue weighted by atomic mass is 10.3. The highest BCUT2D eigenvalue weighted by Crippen LogP contribution is 2.01. The van der Waals surface area contributed by atoms with Crippen molar-refractivity contribution in [1.29, 1.82) is 0 Å². The van der Waals surface area contributed by atoms with E-state index in [4.69, 9.17) is 5.11 Å². The quantitative estimate of drug-likeness (QED) is 0.653. The third kappa shape index (κ3) is 1.67. The third-order valence-electron chi connectivity index (χ3n) is 1.35. The first-order chi connectivity index (χ1) is 5.24. The van der Waals surface area contributed by atoms with Gasteiger partial charge in [0.2, 0.25) is 5.43 Å². The van der Waals surface area contributed by atoms with E-state index < -0.39 is 0 Å². The maximum atomic E-state index is 10.8.